The predicted octanol–water partition coefficient (Wildman–Crippen LogP) is 5.02. The van der Waals surface area contributed by atoms with E-state index in [-0.39, 0.29) is 0 Å². The lowest BCUT2D eigenvalue weighted by molar-refractivity contribution is 0.406. The van der Waals surface area contributed by atoms with Gasteiger partial charge in [0.15, 0.2) is 0 Å². The molecule has 3 heteroatoms. The molecule has 0 spiro atoms. The van der Waals surface area contributed by atoms with E-state index in [2.05, 4.69) is 30.3 Å². The SMILES string of the molecule is COC1=N/C(=C(\c2ccccc2)c2ccc(OC)cc2)c2ccccc21. The van der Waals surface area contributed by atoms with Crippen molar-refractivity contribution in [2.24, 2.45) is 4.99 Å². The normalized spacial score (nSPS) is 14.5. The summed E-state index contributed by atoms with van der Waals surface area (Å²) in [6.07, 6.45) is 0. The molecule has 26 heavy (non-hydrogen) atoms. The van der Waals surface area contributed by atoms with Crippen LogP contribution >= 0.6 is 0 Å². The number of hydrogen-bond acceptors (Lipinski definition) is 3. The summed E-state index contributed by atoms with van der Waals surface area (Å²) in [5.41, 5.74) is 6.30. The fourth-order valence-electron chi connectivity index (χ4n) is 3.25. The first-order valence-corrected chi connectivity index (χ1v) is 8.48. The lowest BCUT2D eigenvalue weighted by Crippen LogP contribution is -1.99. The second-order valence-corrected chi connectivity index (χ2v) is 5.98. The maximum Gasteiger partial charge on any atom is 0.221 e. The first kappa shape index (κ1) is 16.2. The molecule has 3 aromatic rings. The smallest absolute Gasteiger partial charge is 0.221 e. The minimum atomic E-state index is 0.651. The fourth-order valence-corrected chi connectivity index (χ4v) is 3.25. The summed E-state index contributed by atoms with van der Waals surface area (Å²) < 4.78 is 10.8. The summed E-state index contributed by atoms with van der Waals surface area (Å²) in [5, 5.41) is 0. The molecule has 3 nitrogen and oxygen atoms in total. The number of methoxy groups -OCH3 is 2. The minimum Gasteiger partial charge on any atom is -0.497 e. The zero-order valence-electron chi connectivity index (χ0n) is 14.8. The van der Waals surface area contributed by atoms with Crippen LogP contribution in [0.4, 0.5) is 0 Å². The van der Waals surface area contributed by atoms with E-state index in [0.717, 1.165) is 39.3 Å². The molecule has 0 bridgehead atoms. The van der Waals surface area contributed by atoms with Crippen LogP contribution in [0.3, 0.4) is 0 Å². The highest BCUT2D eigenvalue weighted by molar-refractivity contribution is 6.13. The molecule has 1 aliphatic heterocycles. The fraction of sp³-hybridized carbons (Fsp3) is 0.0870. The summed E-state index contributed by atoms with van der Waals surface area (Å²) in [4.78, 5) is 4.81. The molecule has 4 rings (SSSR count). The third-order valence-electron chi connectivity index (χ3n) is 4.50. The Kier molecular flexibility index (Phi) is 4.28. The number of benzene rings is 3. The first-order chi connectivity index (χ1) is 12.8. The van der Waals surface area contributed by atoms with Gasteiger partial charge in [-0.1, -0.05) is 60.7 Å². The van der Waals surface area contributed by atoms with Crippen LogP contribution in [0, 0.1) is 0 Å². The third kappa shape index (κ3) is 2.78. The van der Waals surface area contributed by atoms with Crippen LogP contribution in [-0.2, 0) is 4.74 Å². The van der Waals surface area contributed by atoms with E-state index in [4.69, 9.17) is 14.5 Å². The van der Waals surface area contributed by atoms with Crippen molar-refractivity contribution in [3.05, 3.63) is 101 Å². The number of ether oxygens (including phenoxy) is 2. The van der Waals surface area contributed by atoms with Crippen LogP contribution in [0.1, 0.15) is 22.3 Å². The van der Waals surface area contributed by atoms with Crippen molar-refractivity contribution < 1.29 is 9.47 Å². The van der Waals surface area contributed by atoms with E-state index in [9.17, 15) is 0 Å². The van der Waals surface area contributed by atoms with Gasteiger partial charge in [0.2, 0.25) is 5.90 Å². The van der Waals surface area contributed by atoms with Crippen LogP contribution < -0.4 is 4.74 Å². The van der Waals surface area contributed by atoms with Crippen LogP contribution in [0.25, 0.3) is 11.3 Å². The van der Waals surface area contributed by atoms with Gasteiger partial charge in [-0.2, -0.15) is 0 Å². The highest BCUT2D eigenvalue weighted by atomic mass is 16.5. The lowest BCUT2D eigenvalue weighted by atomic mass is 9.93. The van der Waals surface area contributed by atoms with Gasteiger partial charge in [0.05, 0.1) is 19.9 Å². The number of fused-ring (bicyclic) bond motifs is 1. The summed E-state index contributed by atoms with van der Waals surface area (Å²) in [7, 11) is 3.34. The lowest BCUT2D eigenvalue weighted by Gasteiger charge is -2.12. The Morgan fingerprint density at radius 2 is 1.27 bits per heavy atom. The number of rotatable bonds is 3. The van der Waals surface area contributed by atoms with Gasteiger partial charge < -0.3 is 9.47 Å². The van der Waals surface area contributed by atoms with E-state index >= 15 is 0 Å². The second kappa shape index (κ2) is 6.89. The summed E-state index contributed by atoms with van der Waals surface area (Å²) in [5.74, 6) is 1.48. The molecule has 0 amide bonds. The van der Waals surface area contributed by atoms with Gasteiger partial charge in [-0.3, -0.25) is 0 Å². The standard InChI is InChI=1S/C23H19NO2/c1-25-18-14-12-17(13-15-18)21(16-8-4-3-5-9-16)22-19-10-6-7-11-20(19)23(24-22)26-2/h3-15H,1-2H3/b22-21+. The second-order valence-electron chi connectivity index (χ2n) is 5.98. The molecular weight excluding hydrogens is 322 g/mol. The van der Waals surface area contributed by atoms with Gasteiger partial charge in [-0.05, 0) is 29.3 Å². The Labute approximate surface area is 153 Å². The predicted molar refractivity (Wildman–Crippen MR) is 105 cm³/mol. The van der Waals surface area contributed by atoms with Crippen LogP contribution in [0.2, 0.25) is 0 Å². The summed E-state index contributed by atoms with van der Waals surface area (Å²) in [6, 6.07) is 26.6. The Morgan fingerprint density at radius 3 is 1.92 bits per heavy atom. The molecular formula is C23H19NO2. The molecule has 0 saturated carbocycles. The van der Waals surface area contributed by atoms with Gasteiger partial charge >= 0.3 is 0 Å². The van der Waals surface area contributed by atoms with Crippen molar-refractivity contribution in [1.82, 2.24) is 0 Å². The monoisotopic (exact) mass is 341 g/mol. The van der Waals surface area contributed by atoms with Crippen molar-refractivity contribution >= 4 is 17.2 Å². The zero-order valence-corrected chi connectivity index (χ0v) is 14.8. The maximum atomic E-state index is 5.52. The molecule has 1 aliphatic rings. The molecule has 0 aliphatic carbocycles. The van der Waals surface area contributed by atoms with Crippen molar-refractivity contribution in [3.63, 3.8) is 0 Å². The molecule has 1 heterocycles. The molecule has 0 atom stereocenters. The number of nitrogens with zero attached hydrogens (tertiary/aromatic N) is 1. The largest absolute Gasteiger partial charge is 0.497 e. The van der Waals surface area contributed by atoms with Gasteiger partial charge in [-0.15, -0.1) is 0 Å². The Balaban J connectivity index is 1.99. The average Bonchev–Trinajstić information content (AvgIpc) is 3.08. The van der Waals surface area contributed by atoms with Crippen molar-refractivity contribution in [3.8, 4) is 5.75 Å². The highest BCUT2D eigenvalue weighted by Gasteiger charge is 2.24. The maximum absolute atomic E-state index is 5.52. The van der Waals surface area contributed by atoms with E-state index < -0.39 is 0 Å². The van der Waals surface area contributed by atoms with Crippen LogP contribution in [-0.4, -0.2) is 20.1 Å². The van der Waals surface area contributed by atoms with Gasteiger partial charge in [-0.25, -0.2) is 4.99 Å². The highest BCUT2D eigenvalue weighted by Crippen LogP contribution is 2.38. The van der Waals surface area contributed by atoms with Gasteiger partial charge in [0.1, 0.15) is 5.75 Å². The van der Waals surface area contributed by atoms with Crippen molar-refractivity contribution in [2.45, 2.75) is 0 Å². The average molecular weight is 341 g/mol. The minimum absolute atomic E-state index is 0.651. The van der Waals surface area contributed by atoms with E-state index in [0.29, 0.717) is 5.90 Å². The molecule has 0 radical (unpaired) electrons. The van der Waals surface area contributed by atoms with Crippen molar-refractivity contribution in [1.29, 1.82) is 0 Å². The first-order valence-electron chi connectivity index (χ1n) is 8.48. The topological polar surface area (TPSA) is 30.8 Å². The number of hydrogen-bond donors (Lipinski definition) is 0. The van der Waals surface area contributed by atoms with Gasteiger partial charge in [0.25, 0.3) is 0 Å². The quantitative estimate of drug-likeness (QED) is 0.670. The van der Waals surface area contributed by atoms with E-state index in [1.54, 1.807) is 14.2 Å². The molecule has 0 aromatic heterocycles. The summed E-state index contributed by atoms with van der Waals surface area (Å²) in [6.45, 7) is 0. The van der Waals surface area contributed by atoms with E-state index in [1.165, 1.54) is 0 Å². The molecule has 0 N–H and O–H groups in total. The number of aliphatic imine (C=N–C) groups is 1. The van der Waals surface area contributed by atoms with Gasteiger partial charge in [0, 0.05) is 16.7 Å². The Hall–Kier alpha value is -3.33. The molecule has 0 unspecified atom stereocenters. The molecule has 0 fully saturated rings. The molecule has 128 valence electrons. The summed E-state index contributed by atoms with van der Waals surface area (Å²) >= 11 is 0. The molecule has 0 saturated heterocycles. The van der Waals surface area contributed by atoms with Crippen LogP contribution in [0.15, 0.2) is 83.9 Å². The Morgan fingerprint density at radius 1 is 0.654 bits per heavy atom. The third-order valence-corrected chi connectivity index (χ3v) is 4.50. The molecule has 3 aromatic carbocycles. The van der Waals surface area contributed by atoms with Crippen molar-refractivity contribution in [2.75, 3.05) is 14.2 Å². The zero-order chi connectivity index (χ0) is 17.9. The van der Waals surface area contributed by atoms with E-state index in [1.807, 2.05) is 48.5 Å². The van der Waals surface area contributed by atoms with Crippen LogP contribution in [0.5, 0.6) is 5.75 Å². The Bertz CT molecular complexity index is 986.